The summed E-state index contributed by atoms with van der Waals surface area (Å²) in [6, 6.07) is -0.661. The first-order valence-corrected chi connectivity index (χ1v) is 10.9. The minimum atomic E-state index is -0.906. The van der Waals surface area contributed by atoms with Gasteiger partial charge in [0.2, 0.25) is 0 Å². The fourth-order valence-corrected chi connectivity index (χ4v) is 3.56. The van der Waals surface area contributed by atoms with Crippen molar-refractivity contribution >= 4 is 11.9 Å². The number of hydroxylamine groups is 2. The molecular formula is C21H40NNaO4. The Balaban J connectivity index is 0. The molecule has 1 saturated heterocycles. The third-order valence-corrected chi connectivity index (χ3v) is 5.19. The molecule has 1 aliphatic rings. The Hall–Kier alpha value is -0.100. The molecule has 1 unspecified atom stereocenters. The zero-order valence-corrected chi connectivity index (χ0v) is 19.7. The quantitative estimate of drug-likeness (QED) is 0.322. The number of rotatable bonds is 16. The Morgan fingerprint density at radius 1 is 0.926 bits per heavy atom. The third-order valence-electron chi connectivity index (χ3n) is 5.19. The van der Waals surface area contributed by atoms with Crippen molar-refractivity contribution in [2.75, 3.05) is 6.54 Å². The molecule has 154 valence electrons. The van der Waals surface area contributed by atoms with Crippen molar-refractivity contribution in [2.24, 2.45) is 0 Å². The second kappa shape index (κ2) is 18.0. The van der Waals surface area contributed by atoms with Gasteiger partial charge in [0.1, 0.15) is 6.04 Å². The van der Waals surface area contributed by atoms with Crippen molar-refractivity contribution in [3.63, 3.8) is 0 Å². The zero-order chi connectivity index (χ0) is 19.0. The van der Waals surface area contributed by atoms with Crippen molar-refractivity contribution in [2.45, 2.75) is 116 Å². The second-order valence-corrected chi connectivity index (χ2v) is 7.59. The van der Waals surface area contributed by atoms with E-state index in [1.54, 1.807) is 0 Å². The Bertz CT molecular complexity index is 399. The van der Waals surface area contributed by atoms with E-state index in [4.69, 9.17) is 9.94 Å². The number of carbonyl (C=O) groups is 2. The Morgan fingerprint density at radius 2 is 1.41 bits per heavy atom. The Labute approximate surface area is 189 Å². The van der Waals surface area contributed by atoms with Gasteiger partial charge >= 0.3 is 41.5 Å². The maximum absolute atomic E-state index is 11.8. The van der Waals surface area contributed by atoms with Gasteiger partial charge in [-0.2, -0.15) is 0 Å². The van der Waals surface area contributed by atoms with Crippen LogP contribution in [0.15, 0.2) is 0 Å². The minimum absolute atomic E-state index is 0. The number of carboxylic acids is 1. The summed E-state index contributed by atoms with van der Waals surface area (Å²) < 4.78 is 0. The maximum Gasteiger partial charge on any atom is 1.00 e. The van der Waals surface area contributed by atoms with Gasteiger partial charge in [-0.05, 0) is 19.3 Å². The van der Waals surface area contributed by atoms with E-state index < -0.39 is 12.0 Å². The van der Waals surface area contributed by atoms with Gasteiger partial charge < -0.3 is 11.4 Å². The molecule has 1 fully saturated rings. The SMILES string of the molecule is CCCCCCCCCCCCCCCC(=O)ON1CCCC1C(=O)O.[H-].[Na+]. The predicted molar refractivity (Wildman–Crippen MR) is 105 cm³/mol. The Kier molecular flexibility index (Phi) is 17.9. The molecule has 0 amide bonds. The van der Waals surface area contributed by atoms with Crippen molar-refractivity contribution < 1.29 is 50.5 Å². The second-order valence-electron chi connectivity index (χ2n) is 7.59. The summed E-state index contributed by atoms with van der Waals surface area (Å²) in [7, 11) is 0. The van der Waals surface area contributed by atoms with Crippen LogP contribution in [0.5, 0.6) is 0 Å². The molecule has 1 atom stereocenters. The fourth-order valence-electron chi connectivity index (χ4n) is 3.56. The van der Waals surface area contributed by atoms with Gasteiger partial charge in [-0.25, -0.2) is 0 Å². The molecule has 0 saturated carbocycles. The van der Waals surface area contributed by atoms with E-state index in [1.165, 1.54) is 75.7 Å². The van der Waals surface area contributed by atoms with Gasteiger partial charge in [0.25, 0.3) is 0 Å². The molecule has 1 rings (SSSR count). The molecule has 0 aliphatic carbocycles. The van der Waals surface area contributed by atoms with E-state index in [0.29, 0.717) is 19.4 Å². The summed E-state index contributed by atoms with van der Waals surface area (Å²) in [5.74, 6) is -1.20. The van der Waals surface area contributed by atoms with Crippen LogP contribution in [0.1, 0.15) is 111 Å². The zero-order valence-electron chi connectivity index (χ0n) is 18.7. The van der Waals surface area contributed by atoms with E-state index in [2.05, 4.69) is 6.92 Å². The van der Waals surface area contributed by atoms with E-state index in [9.17, 15) is 9.59 Å². The predicted octanol–water partition coefficient (Wildman–Crippen LogP) is 2.59. The number of hydrogen-bond acceptors (Lipinski definition) is 4. The molecule has 1 N–H and O–H groups in total. The van der Waals surface area contributed by atoms with Gasteiger partial charge in [0.05, 0.1) is 0 Å². The first-order valence-electron chi connectivity index (χ1n) is 10.9. The average Bonchev–Trinajstić information content (AvgIpc) is 3.07. The molecule has 0 bridgehead atoms. The van der Waals surface area contributed by atoms with Crippen LogP contribution in [-0.2, 0) is 14.4 Å². The number of unbranched alkanes of at least 4 members (excludes halogenated alkanes) is 12. The van der Waals surface area contributed by atoms with E-state index in [-0.39, 0.29) is 37.0 Å². The third kappa shape index (κ3) is 13.7. The van der Waals surface area contributed by atoms with Crippen LogP contribution in [0, 0.1) is 0 Å². The molecule has 0 aromatic heterocycles. The summed E-state index contributed by atoms with van der Waals surface area (Å²) >= 11 is 0. The molecule has 0 radical (unpaired) electrons. The number of aliphatic carboxylic acids is 1. The molecule has 6 heteroatoms. The van der Waals surface area contributed by atoms with Gasteiger partial charge in [0.15, 0.2) is 0 Å². The average molecular weight is 394 g/mol. The van der Waals surface area contributed by atoms with E-state index in [1.807, 2.05) is 0 Å². The summed E-state index contributed by atoms with van der Waals surface area (Å²) in [6.07, 6.45) is 18.3. The monoisotopic (exact) mass is 393 g/mol. The largest absolute Gasteiger partial charge is 1.00 e. The topological polar surface area (TPSA) is 66.8 Å². The first kappa shape index (κ1) is 26.9. The standard InChI is InChI=1S/C21H39NO4.Na.H/c1-2-3-4-5-6-7-8-9-10-11-12-13-14-17-20(23)26-22-18-15-16-19(22)21(24)25;;/h19H,2-18H2,1H3,(H,24,25);;/q;+1;-1. The molecule has 0 aromatic rings. The number of carbonyl (C=O) groups excluding carboxylic acids is 1. The maximum atomic E-state index is 11.8. The molecule has 1 aliphatic heterocycles. The summed E-state index contributed by atoms with van der Waals surface area (Å²) in [5.41, 5.74) is 0. The van der Waals surface area contributed by atoms with Crippen LogP contribution in [0.4, 0.5) is 0 Å². The van der Waals surface area contributed by atoms with Crippen molar-refractivity contribution in [3.8, 4) is 0 Å². The van der Waals surface area contributed by atoms with Crippen LogP contribution >= 0.6 is 0 Å². The summed E-state index contributed by atoms with van der Waals surface area (Å²) in [6.45, 7) is 2.78. The smallest absolute Gasteiger partial charge is 1.00 e. The summed E-state index contributed by atoms with van der Waals surface area (Å²) in [5, 5.41) is 10.4. The van der Waals surface area contributed by atoms with E-state index >= 15 is 0 Å². The molecule has 1 heterocycles. The van der Waals surface area contributed by atoms with Crippen LogP contribution in [0.25, 0.3) is 0 Å². The number of carboxylic acid groups (broad SMARTS) is 1. The summed E-state index contributed by atoms with van der Waals surface area (Å²) in [4.78, 5) is 28.1. The first-order chi connectivity index (χ1) is 12.6. The van der Waals surface area contributed by atoms with Crippen molar-refractivity contribution in [1.29, 1.82) is 0 Å². The fraction of sp³-hybridized carbons (Fsp3) is 0.905. The number of nitrogens with zero attached hydrogens (tertiary/aromatic N) is 1. The minimum Gasteiger partial charge on any atom is -1.00 e. The van der Waals surface area contributed by atoms with Gasteiger partial charge in [0, 0.05) is 13.0 Å². The van der Waals surface area contributed by atoms with Gasteiger partial charge in [-0.1, -0.05) is 84.0 Å². The Morgan fingerprint density at radius 3 is 1.89 bits per heavy atom. The normalized spacial score (nSPS) is 16.9. The molecular weight excluding hydrogens is 353 g/mol. The van der Waals surface area contributed by atoms with Crippen LogP contribution < -0.4 is 29.6 Å². The van der Waals surface area contributed by atoms with Crippen LogP contribution in [0.3, 0.4) is 0 Å². The van der Waals surface area contributed by atoms with Gasteiger partial charge in [-0.15, -0.1) is 5.06 Å². The molecule has 27 heavy (non-hydrogen) atoms. The van der Waals surface area contributed by atoms with Crippen molar-refractivity contribution in [1.82, 2.24) is 5.06 Å². The van der Waals surface area contributed by atoms with Gasteiger partial charge in [-0.3, -0.25) is 9.59 Å². The number of hydrogen-bond donors (Lipinski definition) is 1. The van der Waals surface area contributed by atoms with Crippen LogP contribution in [-0.4, -0.2) is 34.7 Å². The van der Waals surface area contributed by atoms with Crippen LogP contribution in [0.2, 0.25) is 0 Å². The van der Waals surface area contributed by atoms with E-state index in [0.717, 1.165) is 19.3 Å². The molecule has 0 spiro atoms. The molecule has 5 nitrogen and oxygen atoms in total. The van der Waals surface area contributed by atoms with Crippen molar-refractivity contribution in [3.05, 3.63) is 0 Å². The molecule has 0 aromatic carbocycles.